The van der Waals surface area contributed by atoms with Crippen molar-refractivity contribution < 1.29 is 9.53 Å². The number of benzene rings is 1. The molecule has 1 aromatic heterocycles. The van der Waals surface area contributed by atoms with Crippen LogP contribution in [0.3, 0.4) is 0 Å². The van der Waals surface area contributed by atoms with Crippen molar-refractivity contribution in [2.75, 3.05) is 6.61 Å². The lowest BCUT2D eigenvalue weighted by Crippen LogP contribution is -2.16. The number of ether oxygens (including phenoxy) is 1. The third-order valence-corrected chi connectivity index (χ3v) is 2.95. The molecule has 0 aliphatic rings. The molecule has 2 rings (SSSR count). The number of carbonyl (C=O) groups is 1. The van der Waals surface area contributed by atoms with Crippen LogP contribution < -0.4 is 10.3 Å². The molecule has 1 N–H and O–H groups in total. The van der Waals surface area contributed by atoms with E-state index in [0.717, 1.165) is 0 Å². The molecule has 5 nitrogen and oxygen atoms in total. The van der Waals surface area contributed by atoms with Gasteiger partial charge in [-0.25, -0.2) is 5.10 Å². The number of aromatic nitrogens is 2. The van der Waals surface area contributed by atoms with Crippen LogP contribution in [0.25, 0.3) is 11.3 Å². The zero-order valence-electron chi connectivity index (χ0n) is 11.7. The number of para-hydroxylation sites is 1. The third-order valence-electron chi connectivity index (χ3n) is 2.75. The summed E-state index contributed by atoms with van der Waals surface area (Å²) in [5.41, 5.74) is 0.367. The van der Waals surface area contributed by atoms with E-state index in [1.165, 1.54) is 6.07 Å². The molecule has 0 aliphatic heterocycles. The van der Waals surface area contributed by atoms with E-state index in [9.17, 15) is 9.59 Å². The van der Waals surface area contributed by atoms with Crippen LogP contribution in [0.2, 0.25) is 0 Å². The van der Waals surface area contributed by atoms with Gasteiger partial charge in [0.15, 0.2) is 0 Å². The molecule has 0 fully saturated rings. The van der Waals surface area contributed by atoms with E-state index in [0.29, 0.717) is 29.5 Å². The molecular weight excluding hydrogens is 292 g/mol. The number of hydrogen-bond acceptors (Lipinski definition) is 4. The lowest BCUT2D eigenvalue weighted by atomic mass is 10.1. The third kappa shape index (κ3) is 3.70. The second-order valence-corrected chi connectivity index (χ2v) is 5.31. The Labute approximate surface area is 126 Å². The molecule has 0 spiro atoms. The van der Waals surface area contributed by atoms with E-state index >= 15 is 0 Å². The number of nitrogens with one attached hydrogen (secondary N) is 1. The van der Waals surface area contributed by atoms with Crippen LogP contribution in [0.15, 0.2) is 35.1 Å². The average Bonchev–Trinajstić information content (AvgIpc) is 2.45. The summed E-state index contributed by atoms with van der Waals surface area (Å²) in [4.78, 5) is 22.7. The van der Waals surface area contributed by atoms with Crippen molar-refractivity contribution >= 4 is 16.8 Å². The van der Waals surface area contributed by atoms with Gasteiger partial charge in [-0.05, 0) is 35.7 Å². The molecule has 6 heteroatoms. The van der Waals surface area contributed by atoms with Crippen LogP contribution in [0.4, 0.5) is 0 Å². The van der Waals surface area contributed by atoms with Gasteiger partial charge in [0.1, 0.15) is 11.3 Å². The molecule has 0 radical (unpaired) electrons. The molecular formula is C15H15ClN2O3. The predicted octanol–water partition coefficient (Wildman–Crippen LogP) is 2.85. The fourth-order valence-electron chi connectivity index (χ4n) is 1.75. The summed E-state index contributed by atoms with van der Waals surface area (Å²) < 4.78 is 5.73. The lowest BCUT2D eigenvalue weighted by molar-refractivity contribution is 0.108. The fraction of sp³-hybridized carbons (Fsp3) is 0.267. The molecule has 0 saturated carbocycles. The summed E-state index contributed by atoms with van der Waals surface area (Å²) in [6.07, 6.45) is 0. The fourth-order valence-corrected chi connectivity index (χ4v) is 1.89. The van der Waals surface area contributed by atoms with Crippen LogP contribution in [-0.2, 0) is 0 Å². The minimum atomic E-state index is -0.819. The van der Waals surface area contributed by atoms with Gasteiger partial charge in [-0.3, -0.25) is 9.59 Å². The Kier molecular flexibility index (Phi) is 4.75. The van der Waals surface area contributed by atoms with Crippen LogP contribution in [0.1, 0.15) is 24.2 Å². The molecule has 21 heavy (non-hydrogen) atoms. The topological polar surface area (TPSA) is 72.1 Å². The highest BCUT2D eigenvalue weighted by atomic mass is 35.5. The summed E-state index contributed by atoms with van der Waals surface area (Å²) in [7, 11) is 0. The van der Waals surface area contributed by atoms with Crippen LogP contribution in [0, 0.1) is 5.92 Å². The first-order valence-corrected chi connectivity index (χ1v) is 6.88. The van der Waals surface area contributed by atoms with E-state index < -0.39 is 10.8 Å². The summed E-state index contributed by atoms with van der Waals surface area (Å²) in [5.74, 6) is 1.01. The largest absolute Gasteiger partial charge is 0.493 e. The van der Waals surface area contributed by atoms with Crippen LogP contribution >= 0.6 is 11.6 Å². The standard InChI is InChI=1S/C15H15ClN2O3/c1-9(2)8-21-13-6-4-3-5-10(13)12-7-11(14(16)19)15(20)18-17-12/h3-7,9H,8H2,1-2H3,(H,18,20). The maximum absolute atomic E-state index is 11.5. The number of rotatable bonds is 5. The van der Waals surface area contributed by atoms with Gasteiger partial charge in [-0.2, -0.15) is 5.10 Å². The first-order chi connectivity index (χ1) is 9.99. The highest BCUT2D eigenvalue weighted by molar-refractivity contribution is 6.67. The lowest BCUT2D eigenvalue weighted by Gasteiger charge is -2.12. The Hall–Kier alpha value is -2.14. The van der Waals surface area contributed by atoms with Crippen LogP contribution in [0.5, 0.6) is 5.75 Å². The van der Waals surface area contributed by atoms with Gasteiger partial charge < -0.3 is 4.74 Å². The van der Waals surface area contributed by atoms with Crippen molar-refractivity contribution in [1.82, 2.24) is 10.2 Å². The van der Waals surface area contributed by atoms with Crippen molar-refractivity contribution in [3.8, 4) is 17.0 Å². The second-order valence-electron chi connectivity index (χ2n) is 4.97. The molecule has 0 atom stereocenters. The van der Waals surface area contributed by atoms with Gasteiger partial charge in [-0.15, -0.1) is 0 Å². The minimum Gasteiger partial charge on any atom is -0.493 e. The maximum atomic E-state index is 11.5. The molecule has 0 saturated heterocycles. The number of hydrogen-bond donors (Lipinski definition) is 1. The number of carbonyl (C=O) groups excluding carboxylic acids is 1. The van der Waals surface area contributed by atoms with Crippen molar-refractivity contribution in [1.29, 1.82) is 0 Å². The van der Waals surface area contributed by atoms with Gasteiger partial charge in [0.25, 0.3) is 10.8 Å². The van der Waals surface area contributed by atoms with E-state index in [1.807, 2.05) is 32.0 Å². The Balaban J connectivity index is 2.44. The quantitative estimate of drug-likeness (QED) is 0.862. The first-order valence-electron chi connectivity index (χ1n) is 6.50. The highest BCUT2D eigenvalue weighted by Gasteiger charge is 2.13. The van der Waals surface area contributed by atoms with Crippen LogP contribution in [-0.4, -0.2) is 22.0 Å². The average molecular weight is 307 g/mol. The number of aromatic amines is 1. The van der Waals surface area contributed by atoms with Gasteiger partial charge in [0.05, 0.1) is 12.3 Å². The number of halogens is 1. The monoisotopic (exact) mass is 306 g/mol. The van der Waals surface area contributed by atoms with Crippen molar-refractivity contribution in [2.24, 2.45) is 5.92 Å². The summed E-state index contributed by atoms with van der Waals surface area (Å²) in [5, 5.41) is 5.41. The smallest absolute Gasteiger partial charge is 0.276 e. The molecule has 1 heterocycles. The Morgan fingerprint density at radius 1 is 1.38 bits per heavy atom. The zero-order chi connectivity index (χ0) is 15.4. The summed E-state index contributed by atoms with van der Waals surface area (Å²) >= 11 is 5.39. The first kappa shape index (κ1) is 15.3. The zero-order valence-corrected chi connectivity index (χ0v) is 12.5. The van der Waals surface area contributed by atoms with Gasteiger partial charge in [0, 0.05) is 5.56 Å². The minimum absolute atomic E-state index is 0.139. The summed E-state index contributed by atoms with van der Waals surface area (Å²) in [6, 6.07) is 8.65. The molecule has 110 valence electrons. The number of nitrogens with zero attached hydrogens (tertiary/aromatic N) is 1. The van der Waals surface area contributed by atoms with Crippen molar-refractivity contribution in [3.05, 3.63) is 46.2 Å². The molecule has 0 amide bonds. The molecule has 0 unspecified atom stereocenters. The molecule has 1 aromatic carbocycles. The maximum Gasteiger partial charge on any atom is 0.276 e. The normalized spacial score (nSPS) is 10.7. The Morgan fingerprint density at radius 2 is 2.10 bits per heavy atom. The second kappa shape index (κ2) is 6.54. The molecule has 2 aromatic rings. The Bertz CT molecular complexity index is 710. The molecule has 0 bridgehead atoms. The van der Waals surface area contributed by atoms with E-state index in [2.05, 4.69) is 10.2 Å². The van der Waals surface area contributed by atoms with Gasteiger partial charge in [-0.1, -0.05) is 26.0 Å². The van der Waals surface area contributed by atoms with E-state index in [1.54, 1.807) is 6.07 Å². The van der Waals surface area contributed by atoms with E-state index in [-0.39, 0.29) is 5.56 Å². The summed E-state index contributed by atoms with van der Waals surface area (Å²) in [6.45, 7) is 4.65. The van der Waals surface area contributed by atoms with Gasteiger partial charge in [0.2, 0.25) is 0 Å². The predicted molar refractivity (Wildman–Crippen MR) is 80.8 cm³/mol. The number of H-pyrrole nitrogens is 1. The van der Waals surface area contributed by atoms with Crippen molar-refractivity contribution in [2.45, 2.75) is 13.8 Å². The Morgan fingerprint density at radius 3 is 2.76 bits per heavy atom. The van der Waals surface area contributed by atoms with E-state index in [4.69, 9.17) is 16.3 Å². The SMILES string of the molecule is CC(C)COc1ccccc1-c1cc(C(=O)Cl)c(=O)[nH]n1. The molecule has 0 aliphatic carbocycles. The van der Waals surface area contributed by atoms with Gasteiger partial charge >= 0.3 is 0 Å². The van der Waals surface area contributed by atoms with Crippen molar-refractivity contribution in [3.63, 3.8) is 0 Å². The highest BCUT2D eigenvalue weighted by Crippen LogP contribution is 2.28.